The summed E-state index contributed by atoms with van der Waals surface area (Å²) in [5.74, 6) is -0.00461. The van der Waals surface area contributed by atoms with Gasteiger partial charge in [0.15, 0.2) is 0 Å². The zero-order valence-corrected chi connectivity index (χ0v) is 12.8. The van der Waals surface area contributed by atoms with Crippen LogP contribution in [0.1, 0.15) is 53.4 Å². The average Bonchev–Trinajstić information content (AvgIpc) is 2.18. The first kappa shape index (κ1) is 18.6. The molecule has 0 aromatic carbocycles. The Kier molecular flexibility index (Phi) is 7.86. The van der Waals surface area contributed by atoms with E-state index in [2.05, 4.69) is 0 Å². The van der Waals surface area contributed by atoms with Gasteiger partial charge in [-0.3, -0.25) is 4.79 Å². The van der Waals surface area contributed by atoms with Crippen molar-refractivity contribution in [3.8, 4) is 0 Å². The second-order valence-corrected chi connectivity index (χ2v) is 6.71. The second-order valence-electron chi connectivity index (χ2n) is 5.40. The van der Waals surface area contributed by atoms with Gasteiger partial charge in [-0.25, -0.2) is 0 Å². The van der Waals surface area contributed by atoms with Crippen LogP contribution in [-0.4, -0.2) is 28.7 Å². The fraction of sp³-hybridized carbons (Fsp3) is 0.923. The van der Waals surface area contributed by atoms with Gasteiger partial charge in [0, 0.05) is 6.42 Å². The molecule has 1 atom stereocenters. The van der Waals surface area contributed by atoms with E-state index in [1.165, 1.54) is 11.8 Å². The van der Waals surface area contributed by atoms with Crippen molar-refractivity contribution in [2.45, 2.75) is 70.4 Å². The Hall–Kier alpha value is -0.390. The Morgan fingerprint density at radius 1 is 1.26 bits per heavy atom. The summed E-state index contributed by atoms with van der Waals surface area (Å²) in [5, 5.41) is -0.363. The molecule has 1 unspecified atom stereocenters. The standard InChI is InChI=1S/C13H23F3O2S/c1-5-7-10(11(17)18-12(2,3)4)19-9-6-8-13(14,15)16/h10H,5-9H2,1-4H3. The molecule has 0 aromatic heterocycles. The maximum atomic E-state index is 12.0. The van der Waals surface area contributed by atoms with Crippen LogP contribution < -0.4 is 0 Å². The van der Waals surface area contributed by atoms with Crippen molar-refractivity contribution in [3.05, 3.63) is 0 Å². The minimum absolute atomic E-state index is 0.0389. The summed E-state index contributed by atoms with van der Waals surface area (Å²) < 4.78 is 41.3. The van der Waals surface area contributed by atoms with E-state index in [1.54, 1.807) is 20.8 Å². The van der Waals surface area contributed by atoms with E-state index in [1.807, 2.05) is 6.92 Å². The van der Waals surface area contributed by atoms with Crippen LogP contribution in [-0.2, 0) is 9.53 Å². The number of ether oxygens (including phenoxy) is 1. The highest BCUT2D eigenvalue weighted by Gasteiger charge is 2.28. The van der Waals surface area contributed by atoms with E-state index >= 15 is 0 Å². The maximum absolute atomic E-state index is 12.0. The van der Waals surface area contributed by atoms with Gasteiger partial charge in [-0.05, 0) is 39.4 Å². The molecule has 0 N–H and O–H groups in total. The van der Waals surface area contributed by atoms with Crippen LogP contribution in [0.3, 0.4) is 0 Å². The molecule has 0 amide bonds. The highest BCUT2D eigenvalue weighted by Crippen LogP contribution is 2.26. The minimum Gasteiger partial charge on any atom is -0.459 e. The molecule has 0 heterocycles. The lowest BCUT2D eigenvalue weighted by Crippen LogP contribution is -2.30. The third-order valence-corrected chi connectivity index (χ3v) is 3.50. The molecule has 0 saturated heterocycles. The first-order valence-corrected chi connectivity index (χ1v) is 7.51. The molecule has 0 aromatic rings. The van der Waals surface area contributed by atoms with Crippen LogP contribution in [0.2, 0.25) is 0 Å². The van der Waals surface area contributed by atoms with Gasteiger partial charge in [0.2, 0.25) is 0 Å². The van der Waals surface area contributed by atoms with Crippen LogP contribution in [0.25, 0.3) is 0 Å². The molecule has 6 heteroatoms. The molecule has 0 aliphatic rings. The van der Waals surface area contributed by atoms with E-state index in [-0.39, 0.29) is 17.6 Å². The number of halogens is 3. The van der Waals surface area contributed by atoms with Crippen molar-refractivity contribution >= 4 is 17.7 Å². The van der Waals surface area contributed by atoms with E-state index < -0.39 is 18.2 Å². The predicted octanol–water partition coefficient (Wildman–Crippen LogP) is 4.57. The monoisotopic (exact) mass is 300 g/mol. The molecule has 0 aliphatic heterocycles. The number of hydrogen-bond donors (Lipinski definition) is 0. The summed E-state index contributed by atoms with van der Waals surface area (Å²) in [5.41, 5.74) is -0.560. The Morgan fingerprint density at radius 3 is 2.26 bits per heavy atom. The highest BCUT2D eigenvalue weighted by atomic mass is 32.2. The third kappa shape index (κ3) is 11.2. The molecule has 2 nitrogen and oxygen atoms in total. The summed E-state index contributed by atoms with van der Waals surface area (Å²) in [6.45, 7) is 7.28. The Morgan fingerprint density at radius 2 is 1.84 bits per heavy atom. The molecule has 0 spiro atoms. The molecular weight excluding hydrogens is 277 g/mol. The van der Waals surface area contributed by atoms with Crippen molar-refractivity contribution in [2.24, 2.45) is 0 Å². The zero-order chi connectivity index (χ0) is 15.1. The predicted molar refractivity (Wildman–Crippen MR) is 72.3 cm³/mol. The van der Waals surface area contributed by atoms with Crippen LogP contribution in [0.15, 0.2) is 0 Å². The van der Waals surface area contributed by atoms with Crippen molar-refractivity contribution in [1.29, 1.82) is 0 Å². The molecule has 0 rings (SSSR count). The van der Waals surface area contributed by atoms with Gasteiger partial charge in [0.1, 0.15) is 10.9 Å². The van der Waals surface area contributed by atoms with Crippen molar-refractivity contribution < 1.29 is 22.7 Å². The average molecular weight is 300 g/mol. The smallest absolute Gasteiger partial charge is 0.389 e. The first-order valence-electron chi connectivity index (χ1n) is 6.46. The number of rotatable bonds is 7. The molecule has 0 fully saturated rings. The lowest BCUT2D eigenvalue weighted by atomic mass is 10.2. The molecule has 19 heavy (non-hydrogen) atoms. The number of carbonyl (C=O) groups excluding carboxylic acids is 1. The van der Waals surface area contributed by atoms with E-state index in [9.17, 15) is 18.0 Å². The fourth-order valence-corrected chi connectivity index (χ4v) is 2.58. The molecule has 0 saturated carbocycles. The highest BCUT2D eigenvalue weighted by molar-refractivity contribution is 8.00. The van der Waals surface area contributed by atoms with Crippen molar-refractivity contribution in [1.82, 2.24) is 0 Å². The van der Waals surface area contributed by atoms with Gasteiger partial charge in [0.05, 0.1) is 0 Å². The number of hydrogen-bond acceptors (Lipinski definition) is 3. The molecule has 114 valence electrons. The number of carbonyl (C=O) groups is 1. The summed E-state index contributed by atoms with van der Waals surface area (Å²) in [6, 6.07) is 0. The van der Waals surface area contributed by atoms with Crippen LogP contribution >= 0.6 is 11.8 Å². The van der Waals surface area contributed by atoms with Gasteiger partial charge in [0.25, 0.3) is 0 Å². The SMILES string of the molecule is CCCC(SCCCC(F)(F)F)C(=O)OC(C)(C)C. The van der Waals surface area contributed by atoms with Gasteiger partial charge in [-0.15, -0.1) is 11.8 Å². The minimum atomic E-state index is -4.12. The molecule has 0 radical (unpaired) electrons. The van der Waals surface area contributed by atoms with Crippen LogP contribution in [0.4, 0.5) is 13.2 Å². The maximum Gasteiger partial charge on any atom is 0.389 e. The lowest BCUT2D eigenvalue weighted by Gasteiger charge is -2.23. The van der Waals surface area contributed by atoms with Crippen molar-refractivity contribution in [2.75, 3.05) is 5.75 Å². The Labute approximate surface area is 117 Å². The van der Waals surface area contributed by atoms with Crippen molar-refractivity contribution in [3.63, 3.8) is 0 Å². The summed E-state index contributed by atoms with van der Waals surface area (Å²) in [4.78, 5) is 11.9. The Balaban J connectivity index is 4.15. The second kappa shape index (κ2) is 8.02. The van der Waals surface area contributed by atoms with Gasteiger partial charge in [-0.1, -0.05) is 13.3 Å². The van der Waals surface area contributed by atoms with E-state index in [0.717, 1.165) is 6.42 Å². The van der Waals surface area contributed by atoms with Gasteiger partial charge in [-0.2, -0.15) is 13.2 Å². The summed E-state index contributed by atoms with van der Waals surface area (Å²) >= 11 is 1.26. The third-order valence-electron chi connectivity index (χ3n) is 2.14. The van der Waals surface area contributed by atoms with Crippen LogP contribution in [0.5, 0.6) is 0 Å². The van der Waals surface area contributed by atoms with Crippen LogP contribution in [0, 0.1) is 0 Å². The normalized spacial score (nSPS) is 14.3. The summed E-state index contributed by atoms with van der Waals surface area (Å²) in [6.07, 6.45) is -3.45. The number of thioether (sulfide) groups is 1. The largest absolute Gasteiger partial charge is 0.459 e. The van der Waals surface area contributed by atoms with Gasteiger partial charge < -0.3 is 4.74 Å². The van der Waals surface area contributed by atoms with E-state index in [4.69, 9.17) is 4.74 Å². The first-order chi connectivity index (χ1) is 8.55. The van der Waals surface area contributed by atoms with Gasteiger partial charge >= 0.3 is 12.1 Å². The fourth-order valence-electron chi connectivity index (χ4n) is 1.40. The molecule has 0 aliphatic carbocycles. The number of esters is 1. The Bertz CT molecular complexity index is 272. The zero-order valence-electron chi connectivity index (χ0n) is 12.0. The molecular formula is C13H23F3O2S. The summed E-state index contributed by atoms with van der Waals surface area (Å²) in [7, 11) is 0. The number of alkyl halides is 3. The van der Waals surface area contributed by atoms with E-state index in [0.29, 0.717) is 12.2 Å². The lowest BCUT2D eigenvalue weighted by molar-refractivity contribution is -0.154. The topological polar surface area (TPSA) is 26.3 Å². The quantitative estimate of drug-likeness (QED) is 0.509. The molecule has 0 bridgehead atoms.